The van der Waals surface area contributed by atoms with Gasteiger partial charge in [-0.3, -0.25) is 10.1 Å². The van der Waals surface area contributed by atoms with E-state index in [4.69, 9.17) is 0 Å². The quantitative estimate of drug-likeness (QED) is 0.383. The van der Waals surface area contributed by atoms with Gasteiger partial charge in [-0.2, -0.15) is 0 Å². The summed E-state index contributed by atoms with van der Waals surface area (Å²) in [7, 11) is -3.77. The molecule has 7 nitrogen and oxygen atoms in total. The number of anilines is 1. The van der Waals surface area contributed by atoms with Crippen LogP contribution in [0.2, 0.25) is 0 Å². The average Bonchev–Trinajstić information content (AvgIpc) is 3.24. The van der Waals surface area contributed by atoms with Gasteiger partial charge in [-0.05, 0) is 25.0 Å². The van der Waals surface area contributed by atoms with Crippen LogP contribution in [0.5, 0.6) is 0 Å². The number of benzene rings is 2. The van der Waals surface area contributed by atoms with Crippen molar-refractivity contribution in [3.63, 3.8) is 0 Å². The summed E-state index contributed by atoms with van der Waals surface area (Å²) in [5.74, 6) is 0. The monoisotopic (exact) mass is 443 g/mol. The molecule has 9 heteroatoms. The predicted molar refractivity (Wildman–Crippen MR) is 117 cm³/mol. The molecule has 0 saturated heterocycles. The van der Waals surface area contributed by atoms with Crippen molar-refractivity contribution >= 4 is 32.2 Å². The van der Waals surface area contributed by atoms with Gasteiger partial charge in [0.2, 0.25) is 0 Å². The first-order valence-electron chi connectivity index (χ1n) is 9.76. The van der Waals surface area contributed by atoms with Crippen molar-refractivity contribution < 1.29 is 13.3 Å². The molecule has 0 spiro atoms. The maximum Gasteiger partial charge on any atom is 0.270 e. The zero-order valence-corrected chi connectivity index (χ0v) is 17.8. The standard InChI is InChI=1S/C21H21N3O4S2/c25-24(26)18-11-7-8-16(14-18)20-15-29-21(22-20)23(17-9-3-1-4-10-17)30(27,28)19-12-5-2-6-13-19/h2,5-8,11-15,17H,1,3-4,9-10H2. The predicted octanol–water partition coefficient (Wildman–Crippen LogP) is 5.25. The van der Waals surface area contributed by atoms with Crippen molar-refractivity contribution in [2.45, 2.75) is 43.0 Å². The molecule has 4 rings (SSSR count). The molecule has 1 fully saturated rings. The molecular weight excluding hydrogens is 422 g/mol. The van der Waals surface area contributed by atoms with Crippen molar-refractivity contribution in [1.82, 2.24) is 4.98 Å². The molecule has 1 saturated carbocycles. The van der Waals surface area contributed by atoms with Crippen molar-refractivity contribution in [3.05, 3.63) is 70.1 Å². The van der Waals surface area contributed by atoms with Gasteiger partial charge in [0.1, 0.15) is 0 Å². The summed E-state index contributed by atoms with van der Waals surface area (Å²) in [5, 5.41) is 13.2. The first-order valence-corrected chi connectivity index (χ1v) is 12.1. The largest absolute Gasteiger partial charge is 0.270 e. The number of aromatic nitrogens is 1. The number of hydrogen-bond acceptors (Lipinski definition) is 6. The number of nitro benzene ring substituents is 1. The topological polar surface area (TPSA) is 93.4 Å². The molecule has 2 aromatic carbocycles. The molecule has 1 aromatic heterocycles. The van der Waals surface area contributed by atoms with Crippen LogP contribution in [0.25, 0.3) is 11.3 Å². The Hall–Kier alpha value is -2.78. The molecule has 156 valence electrons. The first-order chi connectivity index (χ1) is 14.5. The summed E-state index contributed by atoms with van der Waals surface area (Å²) in [6.07, 6.45) is 4.64. The Labute approximate surface area is 179 Å². The zero-order chi connectivity index (χ0) is 21.1. The van der Waals surface area contributed by atoms with E-state index < -0.39 is 14.9 Å². The molecule has 0 unspecified atom stereocenters. The van der Waals surface area contributed by atoms with E-state index >= 15 is 0 Å². The number of nitrogens with zero attached hydrogens (tertiary/aromatic N) is 3. The van der Waals surface area contributed by atoms with Crippen LogP contribution in [0.4, 0.5) is 10.8 Å². The minimum absolute atomic E-state index is 0.0249. The molecule has 0 N–H and O–H groups in total. The summed E-state index contributed by atoms with van der Waals surface area (Å²) < 4.78 is 28.5. The maximum absolute atomic E-state index is 13.5. The van der Waals surface area contributed by atoms with Crippen LogP contribution in [0.3, 0.4) is 0 Å². The van der Waals surface area contributed by atoms with Gasteiger partial charge in [-0.25, -0.2) is 17.7 Å². The molecule has 1 heterocycles. The number of non-ortho nitro benzene ring substituents is 1. The van der Waals surface area contributed by atoms with E-state index in [-0.39, 0.29) is 16.6 Å². The fourth-order valence-corrected chi connectivity index (χ4v) is 6.56. The number of sulfonamides is 1. The van der Waals surface area contributed by atoms with E-state index in [2.05, 4.69) is 4.98 Å². The van der Waals surface area contributed by atoms with Crippen LogP contribution < -0.4 is 4.31 Å². The lowest BCUT2D eigenvalue weighted by Crippen LogP contribution is -2.41. The van der Waals surface area contributed by atoms with Crippen molar-refractivity contribution in [1.29, 1.82) is 0 Å². The van der Waals surface area contributed by atoms with E-state index in [1.165, 1.54) is 27.8 Å². The van der Waals surface area contributed by atoms with Gasteiger partial charge in [-0.1, -0.05) is 49.6 Å². The number of hydrogen-bond donors (Lipinski definition) is 0. The smallest absolute Gasteiger partial charge is 0.258 e. The Morgan fingerprint density at radius 2 is 1.77 bits per heavy atom. The Morgan fingerprint density at radius 1 is 1.03 bits per heavy atom. The Morgan fingerprint density at radius 3 is 2.47 bits per heavy atom. The lowest BCUT2D eigenvalue weighted by molar-refractivity contribution is -0.384. The maximum atomic E-state index is 13.5. The summed E-state index contributed by atoms with van der Waals surface area (Å²) in [6, 6.07) is 14.5. The van der Waals surface area contributed by atoms with Crippen LogP contribution in [0.1, 0.15) is 32.1 Å². The minimum Gasteiger partial charge on any atom is -0.258 e. The van der Waals surface area contributed by atoms with Gasteiger partial charge in [0.15, 0.2) is 5.13 Å². The van der Waals surface area contributed by atoms with Crippen LogP contribution in [0.15, 0.2) is 64.9 Å². The van der Waals surface area contributed by atoms with Gasteiger partial charge in [0.25, 0.3) is 15.7 Å². The molecule has 0 radical (unpaired) electrons. The number of nitro groups is 1. The highest BCUT2D eigenvalue weighted by molar-refractivity contribution is 7.93. The average molecular weight is 444 g/mol. The number of thiazole rings is 1. The van der Waals surface area contributed by atoms with Gasteiger partial charge < -0.3 is 0 Å². The third kappa shape index (κ3) is 4.08. The zero-order valence-electron chi connectivity index (χ0n) is 16.2. The van der Waals surface area contributed by atoms with E-state index in [0.717, 1.165) is 32.1 Å². The van der Waals surface area contributed by atoms with E-state index in [0.29, 0.717) is 16.4 Å². The van der Waals surface area contributed by atoms with E-state index in [1.54, 1.807) is 47.8 Å². The second kappa shape index (κ2) is 8.53. The van der Waals surface area contributed by atoms with Crippen LogP contribution in [0, 0.1) is 10.1 Å². The second-order valence-corrected chi connectivity index (χ2v) is 9.88. The third-order valence-electron chi connectivity index (χ3n) is 5.24. The fraction of sp³-hybridized carbons (Fsp3) is 0.286. The highest BCUT2D eigenvalue weighted by Gasteiger charge is 2.34. The van der Waals surface area contributed by atoms with Crippen LogP contribution in [-0.4, -0.2) is 24.4 Å². The Balaban J connectivity index is 1.75. The van der Waals surface area contributed by atoms with Gasteiger partial charge in [0.05, 0.1) is 15.5 Å². The van der Waals surface area contributed by atoms with Crippen molar-refractivity contribution in [2.24, 2.45) is 0 Å². The SMILES string of the molecule is O=[N+]([O-])c1cccc(-c2csc(N(C3CCCCC3)S(=O)(=O)c3ccccc3)n2)c1. The Bertz CT molecular complexity index is 1140. The molecule has 30 heavy (non-hydrogen) atoms. The van der Waals surface area contributed by atoms with Crippen molar-refractivity contribution in [2.75, 3.05) is 4.31 Å². The van der Waals surface area contributed by atoms with Gasteiger partial charge in [0, 0.05) is 29.1 Å². The fourth-order valence-electron chi connectivity index (χ4n) is 3.75. The molecular formula is C21H21N3O4S2. The Kier molecular flexibility index (Phi) is 5.83. The molecule has 0 amide bonds. The molecule has 3 aromatic rings. The van der Waals surface area contributed by atoms with Crippen LogP contribution >= 0.6 is 11.3 Å². The van der Waals surface area contributed by atoms with Gasteiger partial charge in [-0.15, -0.1) is 11.3 Å². The lowest BCUT2D eigenvalue weighted by atomic mass is 9.96. The van der Waals surface area contributed by atoms with Gasteiger partial charge >= 0.3 is 0 Å². The summed E-state index contributed by atoms with van der Waals surface area (Å²) >= 11 is 1.25. The summed E-state index contributed by atoms with van der Waals surface area (Å²) in [5.41, 5.74) is 1.10. The molecule has 0 bridgehead atoms. The van der Waals surface area contributed by atoms with Crippen LogP contribution in [-0.2, 0) is 10.0 Å². The minimum atomic E-state index is -3.77. The third-order valence-corrected chi connectivity index (χ3v) is 8.05. The second-order valence-electron chi connectivity index (χ2n) is 7.23. The first kappa shape index (κ1) is 20.5. The summed E-state index contributed by atoms with van der Waals surface area (Å²) in [6.45, 7) is 0. The molecule has 0 aliphatic heterocycles. The van der Waals surface area contributed by atoms with Crippen molar-refractivity contribution in [3.8, 4) is 11.3 Å². The highest BCUT2D eigenvalue weighted by Crippen LogP contribution is 2.36. The number of rotatable bonds is 6. The molecule has 0 atom stereocenters. The summed E-state index contributed by atoms with van der Waals surface area (Å²) in [4.78, 5) is 15.5. The molecule has 1 aliphatic carbocycles. The van der Waals surface area contributed by atoms with E-state index in [9.17, 15) is 18.5 Å². The molecule has 1 aliphatic rings. The lowest BCUT2D eigenvalue weighted by Gasteiger charge is -2.33. The van der Waals surface area contributed by atoms with E-state index in [1.807, 2.05) is 0 Å². The highest BCUT2D eigenvalue weighted by atomic mass is 32.2. The normalized spacial score (nSPS) is 15.1.